The number of rotatable bonds is 6. The number of carboxylic acids is 1. The zero-order valence-electron chi connectivity index (χ0n) is 12.9. The van der Waals surface area contributed by atoms with Gasteiger partial charge in [0.1, 0.15) is 0 Å². The van der Waals surface area contributed by atoms with Crippen molar-refractivity contribution in [3.63, 3.8) is 0 Å². The zero-order valence-corrected chi connectivity index (χ0v) is 12.9. The summed E-state index contributed by atoms with van der Waals surface area (Å²) in [6.45, 7) is 2.44. The van der Waals surface area contributed by atoms with Crippen LogP contribution < -0.4 is 5.32 Å². The monoisotopic (exact) mass is 305 g/mol. The Hall–Kier alpha value is -1.88. The molecule has 2 atom stereocenters. The van der Waals surface area contributed by atoms with E-state index in [0.717, 1.165) is 31.4 Å². The van der Waals surface area contributed by atoms with Gasteiger partial charge in [0, 0.05) is 18.7 Å². The molecule has 5 heteroatoms. The summed E-state index contributed by atoms with van der Waals surface area (Å²) < 4.78 is 5.61. The lowest BCUT2D eigenvalue weighted by Crippen LogP contribution is -2.21. The molecule has 5 nitrogen and oxygen atoms in total. The van der Waals surface area contributed by atoms with Crippen LogP contribution in [0, 0.1) is 0 Å². The van der Waals surface area contributed by atoms with Crippen LogP contribution in [-0.4, -0.2) is 29.7 Å². The minimum atomic E-state index is -0.857. The molecule has 120 valence electrons. The van der Waals surface area contributed by atoms with Gasteiger partial charge in [0.05, 0.1) is 12.0 Å². The van der Waals surface area contributed by atoms with Gasteiger partial charge >= 0.3 is 5.97 Å². The number of nitrogens with one attached hydrogen (secondary N) is 1. The maximum absolute atomic E-state index is 11.9. The van der Waals surface area contributed by atoms with Crippen LogP contribution >= 0.6 is 0 Å². The standard InChI is InChI=1S/C17H23NO4/c1-12(17(20)21)13-5-7-14(8-6-13)18-16(19)10-9-15-4-2-3-11-22-15/h5-8,12,15H,2-4,9-11H2,1H3,(H,18,19)(H,20,21). The second-order valence-electron chi connectivity index (χ2n) is 5.76. The van der Waals surface area contributed by atoms with E-state index in [4.69, 9.17) is 9.84 Å². The Morgan fingerprint density at radius 2 is 2.05 bits per heavy atom. The van der Waals surface area contributed by atoms with E-state index in [9.17, 15) is 9.59 Å². The Kier molecular flexibility index (Phi) is 5.95. The maximum Gasteiger partial charge on any atom is 0.310 e. The third kappa shape index (κ3) is 4.84. The summed E-state index contributed by atoms with van der Waals surface area (Å²) in [7, 11) is 0. The molecular formula is C17H23NO4. The summed E-state index contributed by atoms with van der Waals surface area (Å²) in [4.78, 5) is 22.8. The average molecular weight is 305 g/mol. The summed E-state index contributed by atoms with van der Waals surface area (Å²) in [5, 5.41) is 11.8. The summed E-state index contributed by atoms with van der Waals surface area (Å²) in [5.74, 6) is -1.44. The van der Waals surface area contributed by atoms with Gasteiger partial charge in [-0.05, 0) is 50.3 Å². The molecule has 1 saturated heterocycles. The van der Waals surface area contributed by atoms with Crippen LogP contribution in [0.1, 0.15) is 50.5 Å². The minimum absolute atomic E-state index is 0.0341. The van der Waals surface area contributed by atoms with Crippen molar-refractivity contribution in [3.8, 4) is 0 Å². The Morgan fingerprint density at radius 3 is 2.64 bits per heavy atom. The first kappa shape index (κ1) is 16.5. The number of hydrogen-bond donors (Lipinski definition) is 2. The molecule has 2 unspecified atom stereocenters. The van der Waals surface area contributed by atoms with E-state index in [2.05, 4.69) is 5.32 Å². The molecule has 1 aromatic carbocycles. The molecule has 0 radical (unpaired) electrons. The van der Waals surface area contributed by atoms with Crippen LogP contribution in [0.3, 0.4) is 0 Å². The summed E-state index contributed by atoms with van der Waals surface area (Å²) in [6.07, 6.45) is 4.73. The van der Waals surface area contributed by atoms with Crippen molar-refractivity contribution in [1.29, 1.82) is 0 Å². The van der Waals surface area contributed by atoms with E-state index >= 15 is 0 Å². The molecule has 0 spiro atoms. The fraction of sp³-hybridized carbons (Fsp3) is 0.529. The van der Waals surface area contributed by atoms with Crippen LogP contribution in [-0.2, 0) is 14.3 Å². The van der Waals surface area contributed by atoms with Gasteiger partial charge in [0.25, 0.3) is 0 Å². The molecule has 1 fully saturated rings. The summed E-state index contributed by atoms with van der Waals surface area (Å²) in [5.41, 5.74) is 1.41. The lowest BCUT2D eigenvalue weighted by molar-refractivity contribution is -0.138. The van der Waals surface area contributed by atoms with Gasteiger partial charge < -0.3 is 15.2 Å². The zero-order chi connectivity index (χ0) is 15.9. The van der Waals surface area contributed by atoms with Gasteiger partial charge in [-0.15, -0.1) is 0 Å². The average Bonchev–Trinajstić information content (AvgIpc) is 2.54. The number of carbonyl (C=O) groups excluding carboxylic acids is 1. The first-order valence-electron chi connectivity index (χ1n) is 7.80. The van der Waals surface area contributed by atoms with Gasteiger partial charge in [0.2, 0.25) is 5.91 Å². The van der Waals surface area contributed by atoms with Crippen molar-refractivity contribution >= 4 is 17.6 Å². The number of anilines is 1. The normalized spacial score (nSPS) is 19.4. The first-order chi connectivity index (χ1) is 10.6. The van der Waals surface area contributed by atoms with Crippen LogP contribution in [0.5, 0.6) is 0 Å². The predicted molar refractivity (Wildman–Crippen MR) is 83.9 cm³/mol. The molecule has 0 aromatic heterocycles. The number of ether oxygens (including phenoxy) is 1. The van der Waals surface area contributed by atoms with Crippen molar-refractivity contribution in [2.75, 3.05) is 11.9 Å². The fourth-order valence-electron chi connectivity index (χ4n) is 2.55. The third-order valence-corrected chi connectivity index (χ3v) is 4.03. The van der Waals surface area contributed by atoms with Crippen molar-refractivity contribution in [2.24, 2.45) is 0 Å². The topological polar surface area (TPSA) is 75.6 Å². The number of carbonyl (C=O) groups is 2. The quantitative estimate of drug-likeness (QED) is 0.846. The molecule has 22 heavy (non-hydrogen) atoms. The van der Waals surface area contributed by atoms with E-state index in [0.29, 0.717) is 12.1 Å². The molecule has 1 aliphatic heterocycles. The number of hydrogen-bond acceptors (Lipinski definition) is 3. The van der Waals surface area contributed by atoms with E-state index in [1.165, 1.54) is 6.42 Å². The number of carboxylic acid groups (broad SMARTS) is 1. The first-order valence-corrected chi connectivity index (χ1v) is 7.80. The van der Waals surface area contributed by atoms with Gasteiger partial charge in [-0.3, -0.25) is 9.59 Å². The van der Waals surface area contributed by atoms with Crippen molar-refractivity contribution in [3.05, 3.63) is 29.8 Å². The Labute approximate surface area is 130 Å². The van der Waals surface area contributed by atoms with Crippen LogP contribution in [0.15, 0.2) is 24.3 Å². The summed E-state index contributed by atoms with van der Waals surface area (Å²) in [6, 6.07) is 6.95. The van der Waals surface area contributed by atoms with Crippen LogP contribution in [0.25, 0.3) is 0 Å². The number of amides is 1. The third-order valence-electron chi connectivity index (χ3n) is 4.03. The van der Waals surface area contributed by atoms with Gasteiger partial charge in [-0.25, -0.2) is 0 Å². The fourth-order valence-corrected chi connectivity index (χ4v) is 2.55. The maximum atomic E-state index is 11.9. The smallest absolute Gasteiger partial charge is 0.310 e. The highest BCUT2D eigenvalue weighted by atomic mass is 16.5. The van der Waals surface area contributed by atoms with Crippen molar-refractivity contribution in [2.45, 2.75) is 51.0 Å². The van der Waals surface area contributed by atoms with Crippen LogP contribution in [0.4, 0.5) is 5.69 Å². The molecule has 0 aliphatic carbocycles. The largest absolute Gasteiger partial charge is 0.481 e. The highest BCUT2D eigenvalue weighted by molar-refractivity contribution is 5.90. The molecule has 1 heterocycles. The molecule has 1 aromatic rings. The van der Waals surface area contributed by atoms with Gasteiger partial charge in [-0.1, -0.05) is 12.1 Å². The SMILES string of the molecule is CC(C(=O)O)c1ccc(NC(=O)CCC2CCCCO2)cc1. The molecule has 1 amide bonds. The van der Waals surface area contributed by atoms with E-state index in [1.54, 1.807) is 31.2 Å². The van der Waals surface area contributed by atoms with Crippen molar-refractivity contribution in [1.82, 2.24) is 0 Å². The highest BCUT2D eigenvalue weighted by Crippen LogP contribution is 2.20. The molecule has 1 aliphatic rings. The van der Waals surface area contributed by atoms with Crippen molar-refractivity contribution < 1.29 is 19.4 Å². The molecule has 2 rings (SSSR count). The molecule has 0 saturated carbocycles. The highest BCUT2D eigenvalue weighted by Gasteiger charge is 2.16. The second-order valence-corrected chi connectivity index (χ2v) is 5.76. The van der Waals surface area contributed by atoms with Gasteiger partial charge in [0.15, 0.2) is 0 Å². The second kappa shape index (κ2) is 7.94. The predicted octanol–water partition coefficient (Wildman–Crippen LogP) is 3.16. The lowest BCUT2D eigenvalue weighted by Gasteiger charge is -2.22. The van der Waals surface area contributed by atoms with E-state index < -0.39 is 11.9 Å². The van der Waals surface area contributed by atoms with Gasteiger partial charge in [-0.2, -0.15) is 0 Å². The molecular weight excluding hydrogens is 282 g/mol. The Bertz CT molecular complexity index is 506. The molecule has 2 N–H and O–H groups in total. The Morgan fingerprint density at radius 1 is 1.32 bits per heavy atom. The van der Waals surface area contributed by atoms with E-state index in [1.807, 2.05) is 0 Å². The van der Waals surface area contributed by atoms with Crippen LogP contribution in [0.2, 0.25) is 0 Å². The number of aliphatic carboxylic acids is 1. The minimum Gasteiger partial charge on any atom is -0.481 e. The van der Waals surface area contributed by atoms with E-state index in [-0.39, 0.29) is 12.0 Å². The number of benzene rings is 1. The summed E-state index contributed by atoms with van der Waals surface area (Å²) >= 11 is 0. The lowest BCUT2D eigenvalue weighted by atomic mass is 10.0. The Balaban J connectivity index is 1.79. The molecule has 0 bridgehead atoms.